The molecular formula is C20H27N3O2. The largest absolute Gasteiger partial charge is 0.363 e. The van der Waals surface area contributed by atoms with Gasteiger partial charge in [0.15, 0.2) is 0 Å². The summed E-state index contributed by atoms with van der Waals surface area (Å²) in [6.07, 6.45) is 2.08. The average molecular weight is 341 g/mol. The third-order valence-electron chi connectivity index (χ3n) is 5.47. The van der Waals surface area contributed by atoms with Gasteiger partial charge in [-0.1, -0.05) is 12.1 Å². The van der Waals surface area contributed by atoms with Crippen molar-refractivity contribution in [3.05, 3.63) is 35.4 Å². The van der Waals surface area contributed by atoms with Crippen LogP contribution < -0.4 is 0 Å². The molecule has 2 aliphatic heterocycles. The van der Waals surface area contributed by atoms with Crippen molar-refractivity contribution in [2.45, 2.75) is 45.4 Å². The Hall–Kier alpha value is -1.90. The molecule has 2 fully saturated rings. The van der Waals surface area contributed by atoms with Gasteiger partial charge in [-0.25, -0.2) is 0 Å². The van der Waals surface area contributed by atoms with Crippen LogP contribution in [0.2, 0.25) is 0 Å². The highest BCUT2D eigenvalue weighted by Crippen LogP contribution is 2.28. The molecule has 5 nitrogen and oxygen atoms in total. The van der Waals surface area contributed by atoms with Gasteiger partial charge in [-0.15, -0.1) is 0 Å². The molecule has 5 heteroatoms. The molecule has 1 aromatic rings. The zero-order valence-electron chi connectivity index (χ0n) is 15.1. The van der Waals surface area contributed by atoms with Gasteiger partial charge in [0.25, 0.3) is 5.91 Å². The second-order valence-electron chi connectivity index (χ2n) is 7.12. The number of ether oxygens (including phenoxy) is 1. The highest BCUT2D eigenvalue weighted by molar-refractivity contribution is 5.81. The normalized spacial score (nSPS) is 25.8. The third-order valence-corrected chi connectivity index (χ3v) is 5.47. The molecule has 0 N–H and O–H groups in total. The van der Waals surface area contributed by atoms with Crippen LogP contribution in [-0.4, -0.2) is 54.1 Å². The Morgan fingerprint density at radius 3 is 2.52 bits per heavy atom. The molecule has 134 valence electrons. The van der Waals surface area contributed by atoms with Gasteiger partial charge in [-0.2, -0.15) is 5.26 Å². The van der Waals surface area contributed by atoms with Crippen molar-refractivity contribution in [3.63, 3.8) is 0 Å². The number of amides is 1. The minimum Gasteiger partial charge on any atom is -0.363 e. The third kappa shape index (κ3) is 4.20. The molecule has 25 heavy (non-hydrogen) atoms. The molecular weight excluding hydrogens is 314 g/mol. The molecule has 0 bridgehead atoms. The first-order valence-corrected chi connectivity index (χ1v) is 9.26. The van der Waals surface area contributed by atoms with E-state index in [9.17, 15) is 4.79 Å². The van der Waals surface area contributed by atoms with Crippen LogP contribution >= 0.6 is 0 Å². The fraction of sp³-hybridized carbons (Fsp3) is 0.600. The molecule has 1 amide bonds. The number of hydrogen-bond acceptors (Lipinski definition) is 4. The maximum Gasteiger partial charge on any atom is 0.251 e. The highest BCUT2D eigenvalue weighted by atomic mass is 16.5. The summed E-state index contributed by atoms with van der Waals surface area (Å²) in [5, 5.41) is 8.88. The van der Waals surface area contributed by atoms with Gasteiger partial charge in [0.2, 0.25) is 0 Å². The predicted molar refractivity (Wildman–Crippen MR) is 95.7 cm³/mol. The van der Waals surface area contributed by atoms with E-state index in [4.69, 9.17) is 10.00 Å². The van der Waals surface area contributed by atoms with E-state index in [0.717, 1.165) is 45.6 Å². The van der Waals surface area contributed by atoms with Crippen LogP contribution in [0.25, 0.3) is 0 Å². The maximum atomic E-state index is 12.1. The molecule has 2 heterocycles. The zero-order valence-corrected chi connectivity index (χ0v) is 15.1. The molecule has 2 aliphatic rings. The Balaban J connectivity index is 1.51. The van der Waals surface area contributed by atoms with Crippen molar-refractivity contribution in [2.24, 2.45) is 5.92 Å². The van der Waals surface area contributed by atoms with Crippen molar-refractivity contribution < 1.29 is 9.53 Å². The van der Waals surface area contributed by atoms with Gasteiger partial charge in [0, 0.05) is 19.6 Å². The van der Waals surface area contributed by atoms with Crippen molar-refractivity contribution in [1.29, 1.82) is 5.26 Å². The number of nitriles is 1. The van der Waals surface area contributed by atoms with Gasteiger partial charge in [-0.3, -0.25) is 9.69 Å². The van der Waals surface area contributed by atoms with Crippen LogP contribution in [0, 0.1) is 17.2 Å². The smallest absolute Gasteiger partial charge is 0.251 e. The van der Waals surface area contributed by atoms with Gasteiger partial charge >= 0.3 is 0 Å². The summed E-state index contributed by atoms with van der Waals surface area (Å²) in [5.41, 5.74) is 1.96. The Bertz CT molecular complexity index is 629. The van der Waals surface area contributed by atoms with Gasteiger partial charge < -0.3 is 9.64 Å². The number of rotatable bonds is 4. The number of carbonyl (C=O) groups is 1. The number of likely N-dealkylation sites (tertiary alicyclic amines) is 1. The molecule has 0 aliphatic carbocycles. The Morgan fingerprint density at radius 2 is 1.92 bits per heavy atom. The maximum absolute atomic E-state index is 12.1. The van der Waals surface area contributed by atoms with E-state index in [2.05, 4.69) is 11.0 Å². The van der Waals surface area contributed by atoms with E-state index in [-0.39, 0.29) is 18.1 Å². The molecule has 0 saturated carbocycles. The van der Waals surface area contributed by atoms with Crippen molar-refractivity contribution >= 4 is 5.91 Å². The number of carbonyl (C=O) groups excluding carboxylic acids is 1. The molecule has 2 saturated heterocycles. The summed E-state index contributed by atoms with van der Waals surface area (Å²) in [7, 11) is 0. The van der Waals surface area contributed by atoms with Crippen LogP contribution in [0.1, 0.15) is 37.8 Å². The molecule has 3 rings (SSSR count). The van der Waals surface area contributed by atoms with E-state index >= 15 is 0 Å². The summed E-state index contributed by atoms with van der Waals surface area (Å²) in [4.78, 5) is 16.5. The van der Waals surface area contributed by atoms with Crippen LogP contribution in [0.5, 0.6) is 0 Å². The lowest BCUT2D eigenvalue weighted by Crippen LogP contribution is -2.54. The highest BCUT2D eigenvalue weighted by Gasteiger charge is 2.36. The zero-order chi connectivity index (χ0) is 17.8. The van der Waals surface area contributed by atoms with Crippen LogP contribution in [0.15, 0.2) is 24.3 Å². The van der Waals surface area contributed by atoms with E-state index in [1.165, 1.54) is 5.56 Å². The first-order chi connectivity index (χ1) is 12.1. The van der Waals surface area contributed by atoms with Crippen LogP contribution in [0.4, 0.5) is 0 Å². The molecule has 0 spiro atoms. The summed E-state index contributed by atoms with van der Waals surface area (Å²) in [6, 6.07) is 10.0. The Kier molecular flexibility index (Phi) is 5.72. The van der Waals surface area contributed by atoms with E-state index in [1.807, 2.05) is 43.0 Å². The fourth-order valence-corrected chi connectivity index (χ4v) is 3.90. The van der Waals surface area contributed by atoms with Gasteiger partial charge in [-0.05, 0) is 63.4 Å². The quantitative estimate of drug-likeness (QED) is 0.844. The summed E-state index contributed by atoms with van der Waals surface area (Å²) in [5.74, 6) is 0.652. The fourth-order valence-electron chi connectivity index (χ4n) is 3.90. The van der Waals surface area contributed by atoms with Crippen LogP contribution in [-0.2, 0) is 16.1 Å². The number of benzene rings is 1. The topological polar surface area (TPSA) is 56.6 Å². The molecule has 0 aromatic heterocycles. The number of piperidine rings is 1. The first-order valence-electron chi connectivity index (χ1n) is 9.26. The number of morpholine rings is 1. The van der Waals surface area contributed by atoms with Gasteiger partial charge in [0.1, 0.15) is 6.10 Å². The average Bonchev–Trinajstić information content (AvgIpc) is 2.65. The van der Waals surface area contributed by atoms with E-state index in [1.54, 1.807) is 0 Å². The summed E-state index contributed by atoms with van der Waals surface area (Å²) >= 11 is 0. The lowest BCUT2D eigenvalue weighted by Gasteiger charge is -2.42. The van der Waals surface area contributed by atoms with E-state index < -0.39 is 0 Å². The molecule has 2 atom stereocenters. The monoisotopic (exact) mass is 341 g/mol. The predicted octanol–water partition coefficient (Wildman–Crippen LogP) is 2.41. The van der Waals surface area contributed by atoms with E-state index in [0.29, 0.717) is 11.5 Å². The standard InChI is InChI=1S/C20H27N3O2/c1-3-23-14-19(25-15(2)20(23)24)18-8-10-22(11-9-18)13-17-6-4-16(12-21)5-7-17/h4-7,15,18-19H,3,8-11,13-14H2,1-2H3/t15-,19+/m1/s1. The minimum absolute atomic E-state index is 0.122. The molecule has 1 aromatic carbocycles. The van der Waals surface area contributed by atoms with Gasteiger partial charge in [0.05, 0.1) is 17.7 Å². The number of nitrogens with zero attached hydrogens (tertiary/aromatic N) is 3. The van der Waals surface area contributed by atoms with Crippen molar-refractivity contribution in [1.82, 2.24) is 9.80 Å². The lowest BCUT2D eigenvalue weighted by molar-refractivity contribution is -0.166. The Labute approximate surface area is 150 Å². The first kappa shape index (κ1) is 17.9. The SMILES string of the molecule is CCN1C[C@@H](C2CCN(Cc3ccc(C#N)cc3)CC2)O[C@H](C)C1=O. The molecule has 0 radical (unpaired) electrons. The van der Waals surface area contributed by atoms with Crippen molar-refractivity contribution in [3.8, 4) is 6.07 Å². The van der Waals surface area contributed by atoms with Crippen molar-refractivity contribution in [2.75, 3.05) is 26.2 Å². The number of likely N-dealkylation sites (N-methyl/N-ethyl adjacent to an activating group) is 1. The second kappa shape index (κ2) is 7.99. The minimum atomic E-state index is -0.310. The Morgan fingerprint density at radius 1 is 1.24 bits per heavy atom. The summed E-state index contributed by atoms with van der Waals surface area (Å²) in [6.45, 7) is 8.45. The number of hydrogen-bond donors (Lipinski definition) is 0. The molecule has 0 unspecified atom stereocenters. The van der Waals surface area contributed by atoms with Crippen LogP contribution in [0.3, 0.4) is 0 Å². The second-order valence-corrected chi connectivity index (χ2v) is 7.12. The summed E-state index contributed by atoms with van der Waals surface area (Å²) < 4.78 is 6.01. The lowest BCUT2D eigenvalue weighted by atomic mass is 9.89.